The van der Waals surface area contributed by atoms with Gasteiger partial charge in [-0.1, -0.05) is 11.6 Å². The van der Waals surface area contributed by atoms with E-state index in [1.165, 1.54) is 0 Å². The summed E-state index contributed by atoms with van der Waals surface area (Å²) in [7, 11) is 0. The van der Waals surface area contributed by atoms with Gasteiger partial charge < -0.3 is 19.5 Å². The highest BCUT2D eigenvalue weighted by molar-refractivity contribution is 6.30. The second kappa shape index (κ2) is 6.14. The number of benzene rings is 1. The van der Waals surface area contributed by atoms with Crippen molar-refractivity contribution in [1.29, 1.82) is 0 Å². The Labute approximate surface area is 132 Å². The first-order valence-corrected chi connectivity index (χ1v) is 7.47. The van der Waals surface area contributed by atoms with Gasteiger partial charge in [0.05, 0.1) is 19.1 Å². The molecule has 0 aromatic heterocycles. The van der Waals surface area contributed by atoms with Gasteiger partial charge in [-0.3, -0.25) is 4.79 Å². The number of ether oxygens (including phenoxy) is 2. The Kier molecular flexibility index (Phi) is 4.22. The van der Waals surface area contributed by atoms with Crippen molar-refractivity contribution < 1.29 is 24.2 Å². The Morgan fingerprint density at radius 2 is 2.18 bits per heavy atom. The summed E-state index contributed by atoms with van der Waals surface area (Å²) in [5, 5.41) is 9.61. The molecular weight excluding hydrogens is 310 g/mol. The Morgan fingerprint density at radius 1 is 1.36 bits per heavy atom. The van der Waals surface area contributed by atoms with Crippen LogP contribution < -0.4 is 4.74 Å². The lowest BCUT2D eigenvalue weighted by Gasteiger charge is -2.34. The van der Waals surface area contributed by atoms with Gasteiger partial charge in [0.25, 0.3) is 0 Å². The maximum atomic E-state index is 12.6. The number of carboxylic acid groups (broad SMARTS) is 1. The fourth-order valence-corrected chi connectivity index (χ4v) is 2.97. The molecule has 1 aromatic rings. The van der Waals surface area contributed by atoms with Crippen molar-refractivity contribution in [2.75, 3.05) is 26.3 Å². The van der Waals surface area contributed by atoms with E-state index < -0.39 is 12.1 Å². The number of fused-ring (bicyclic) bond motifs is 1. The first-order valence-electron chi connectivity index (χ1n) is 7.09. The smallest absolute Gasteiger partial charge is 0.334 e. The quantitative estimate of drug-likeness (QED) is 0.884. The van der Waals surface area contributed by atoms with Crippen LogP contribution in [0, 0.1) is 5.92 Å². The van der Waals surface area contributed by atoms with Crippen molar-refractivity contribution in [1.82, 2.24) is 4.90 Å². The molecule has 2 heterocycles. The molecule has 1 amide bonds. The van der Waals surface area contributed by atoms with E-state index in [2.05, 4.69) is 0 Å². The van der Waals surface area contributed by atoms with E-state index in [4.69, 9.17) is 26.2 Å². The number of nitrogens with zero attached hydrogens (tertiary/aromatic N) is 1. The third-order valence-electron chi connectivity index (χ3n) is 3.93. The fourth-order valence-electron chi connectivity index (χ4n) is 2.78. The maximum Gasteiger partial charge on any atom is 0.334 e. The molecule has 6 nitrogen and oxygen atoms in total. The summed E-state index contributed by atoms with van der Waals surface area (Å²) in [6.45, 7) is 1.01. The second-order valence-corrected chi connectivity index (χ2v) is 5.88. The zero-order valence-electron chi connectivity index (χ0n) is 11.8. The summed E-state index contributed by atoms with van der Waals surface area (Å²) in [4.78, 5) is 25.1. The predicted molar refractivity (Wildman–Crippen MR) is 78.1 cm³/mol. The molecule has 1 N–H and O–H groups in total. The molecule has 0 bridgehead atoms. The fraction of sp³-hybridized carbons (Fsp3) is 0.467. The minimum absolute atomic E-state index is 0.0765. The minimum atomic E-state index is -1.05. The van der Waals surface area contributed by atoms with Crippen molar-refractivity contribution in [2.24, 2.45) is 5.92 Å². The van der Waals surface area contributed by atoms with E-state index in [1.54, 1.807) is 23.1 Å². The van der Waals surface area contributed by atoms with E-state index in [0.717, 1.165) is 11.3 Å². The molecule has 7 heteroatoms. The van der Waals surface area contributed by atoms with Crippen LogP contribution in [0.5, 0.6) is 5.75 Å². The van der Waals surface area contributed by atoms with E-state index in [-0.39, 0.29) is 25.0 Å². The molecule has 0 radical (unpaired) electrons. The number of morpholine rings is 1. The second-order valence-electron chi connectivity index (χ2n) is 5.45. The summed E-state index contributed by atoms with van der Waals surface area (Å²) in [6, 6.07) is 5.35. The third-order valence-corrected chi connectivity index (χ3v) is 4.17. The van der Waals surface area contributed by atoms with Crippen molar-refractivity contribution in [3.8, 4) is 5.75 Å². The van der Waals surface area contributed by atoms with Gasteiger partial charge in [0.1, 0.15) is 12.4 Å². The monoisotopic (exact) mass is 325 g/mol. The molecule has 0 unspecified atom stereocenters. The molecule has 22 heavy (non-hydrogen) atoms. The van der Waals surface area contributed by atoms with Crippen molar-refractivity contribution in [3.05, 3.63) is 28.8 Å². The SMILES string of the molecule is O=C(O)[C@H]1CN(C(=O)[C@H]2COc3ccc(Cl)cc3C2)CCO1. The Bertz CT molecular complexity index is 606. The minimum Gasteiger partial charge on any atom is -0.492 e. The Balaban J connectivity index is 1.69. The maximum absolute atomic E-state index is 12.6. The number of aliphatic carboxylic acids is 1. The van der Waals surface area contributed by atoms with Gasteiger partial charge in [0.2, 0.25) is 5.91 Å². The lowest BCUT2D eigenvalue weighted by Crippen LogP contribution is -2.51. The van der Waals surface area contributed by atoms with Crippen LogP contribution in [-0.4, -0.2) is 54.3 Å². The molecule has 0 spiro atoms. The van der Waals surface area contributed by atoms with Crippen LogP contribution in [0.1, 0.15) is 5.56 Å². The number of halogens is 1. The molecule has 3 rings (SSSR count). The highest BCUT2D eigenvalue weighted by Gasteiger charge is 2.34. The molecule has 2 atom stereocenters. The van der Waals surface area contributed by atoms with Gasteiger partial charge >= 0.3 is 5.97 Å². The van der Waals surface area contributed by atoms with Gasteiger partial charge in [-0.2, -0.15) is 0 Å². The van der Waals surface area contributed by atoms with Gasteiger partial charge in [0, 0.05) is 11.6 Å². The number of carboxylic acids is 1. The van der Waals surface area contributed by atoms with Gasteiger partial charge in [0.15, 0.2) is 6.10 Å². The molecule has 1 fully saturated rings. The highest BCUT2D eigenvalue weighted by Crippen LogP contribution is 2.30. The first-order chi connectivity index (χ1) is 10.5. The summed E-state index contributed by atoms with van der Waals surface area (Å²) < 4.78 is 10.8. The summed E-state index contributed by atoms with van der Waals surface area (Å²) in [5.74, 6) is -0.716. The topological polar surface area (TPSA) is 76.1 Å². The zero-order valence-corrected chi connectivity index (χ0v) is 12.6. The average Bonchev–Trinajstić information content (AvgIpc) is 2.53. The molecule has 0 aliphatic carbocycles. The molecule has 2 aliphatic rings. The van der Waals surface area contributed by atoms with Crippen LogP contribution in [0.25, 0.3) is 0 Å². The van der Waals surface area contributed by atoms with Crippen molar-refractivity contribution in [2.45, 2.75) is 12.5 Å². The van der Waals surface area contributed by atoms with Crippen LogP contribution in [0.2, 0.25) is 5.02 Å². The predicted octanol–water partition coefficient (Wildman–Crippen LogP) is 1.20. The van der Waals surface area contributed by atoms with Crippen LogP contribution in [0.3, 0.4) is 0 Å². The first kappa shape index (κ1) is 15.1. The Morgan fingerprint density at radius 3 is 2.95 bits per heavy atom. The molecule has 118 valence electrons. The van der Waals surface area contributed by atoms with Crippen molar-refractivity contribution in [3.63, 3.8) is 0 Å². The average molecular weight is 326 g/mol. The molecular formula is C15H16ClNO5. The molecule has 1 saturated heterocycles. The normalized spacial score (nSPS) is 24.3. The third kappa shape index (κ3) is 3.03. The lowest BCUT2D eigenvalue weighted by atomic mass is 9.95. The number of carbonyl (C=O) groups is 2. The van der Waals surface area contributed by atoms with Gasteiger partial charge in [-0.15, -0.1) is 0 Å². The van der Waals surface area contributed by atoms with Crippen molar-refractivity contribution >= 4 is 23.5 Å². The summed E-state index contributed by atoms with van der Waals surface area (Å²) in [5.41, 5.74) is 0.903. The number of rotatable bonds is 2. The van der Waals surface area contributed by atoms with Crippen LogP contribution in [-0.2, 0) is 20.7 Å². The summed E-state index contributed by atoms with van der Waals surface area (Å²) in [6.07, 6.45) is -0.409. The van der Waals surface area contributed by atoms with Crippen LogP contribution >= 0.6 is 11.6 Å². The number of hydrogen-bond acceptors (Lipinski definition) is 4. The van der Waals surface area contributed by atoms with E-state index in [0.29, 0.717) is 24.6 Å². The number of carbonyl (C=O) groups excluding carboxylic acids is 1. The summed E-state index contributed by atoms with van der Waals surface area (Å²) >= 11 is 5.97. The molecule has 2 aliphatic heterocycles. The van der Waals surface area contributed by atoms with E-state index in [9.17, 15) is 9.59 Å². The van der Waals surface area contributed by atoms with E-state index >= 15 is 0 Å². The van der Waals surface area contributed by atoms with Gasteiger partial charge in [-0.05, 0) is 30.2 Å². The zero-order chi connectivity index (χ0) is 15.7. The Hall–Kier alpha value is -1.79. The molecule has 0 saturated carbocycles. The van der Waals surface area contributed by atoms with Gasteiger partial charge in [-0.25, -0.2) is 4.79 Å². The highest BCUT2D eigenvalue weighted by atomic mass is 35.5. The largest absolute Gasteiger partial charge is 0.492 e. The standard InChI is InChI=1S/C15H16ClNO5/c16-11-1-2-12-9(6-11)5-10(8-22-12)14(18)17-3-4-21-13(7-17)15(19)20/h1-2,6,10,13H,3-5,7-8H2,(H,19,20)/t10-,13-/m1/s1. The lowest BCUT2D eigenvalue weighted by molar-refractivity contribution is -0.160. The number of amides is 1. The molecule has 1 aromatic carbocycles. The number of hydrogen-bond donors (Lipinski definition) is 1. The van der Waals surface area contributed by atoms with E-state index in [1.807, 2.05) is 0 Å². The van der Waals surface area contributed by atoms with Crippen LogP contribution in [0.4, 0.5) is 0 Å². The van der Waals surface area contributed by atoms with Crippen LogP contribution in [0.15, 0.2) is 18.2 Å².